The van der Waals surface area contributed by atoms with Crippen LogP contribution in [0.15, 0.2) is 30.3 Å². The number of fused-ring (bicyclic) bond motifs is 1. The van der Waals surface area contributed by atoms with E-state index in [1.54, 1.807) is 6.92 Å². The Kier molecular flexibility index (Phi) is 5.51. The van der Waals surface area contributed by atoms with E-state index in [0.29, 0.717) is 5.95 Å². The van der Waals surface area contributed by atoms with Crippen LogP contribution in [0.5, 0.6) is 12.0 Å². The number of methoxy groups -OCH3 is 2. The number of carbonyl (C=O) groups is 1. The maximum Gasteiger partial charge on any atom is 0.324 e. The second-order valence-electron chi connectivity index (χ2n) is 7.54. The fourth-order valence-electron chi connectivity index (χ4n) is 4.68. The molecular weight excluding hydrogens is 370 g/mol. The topological polar surface area (TPSA) is 80.7 Å². The van der Waals surface area contributed by atoms with Crippen LogP contribution in [0.1, 0.15) is 37.7 Å². The second kappa shape index (κ2) is 8.23. The number of amides is 1. The summed E-state index contributed by atoms with van der Waals surface area (Å²) >= 11 is 0. The molecule has 3 heterocycles. The standard InChI is InChI=1S/C21H27N5O3/c1-14(27)25-12-8-7-11-17-18(25)16(15-9-5-4-6-10-15)13-26(17)19-22-20(28-2)24-21(23-19)29-3/h4-6,9-10,16-18H,7-8,11-13H2,1-3H3/t16-,17-,18-/m0/s1. The number of hydrogen-bond donors (Lipinski definition) is 0. The summed E-state index contributed by atoms with van der Waals surface area (Å²) in [5.41, 5.74) is 1.23. The minimum Gasteiger partial charge on any atom is -0.467 e. The zero-order valence-corrected chi connectivity index (χ0v) is 17.1. The Bertz CT molecular complexity index is 840. The Hall–Kier alpha value is -2.90. The number of nitrogens with zero attached hydrogens (tertiary/aromatic N) is 5. The summed E-state index contributed by atoms with van der Waals surface area (Å²) in [4.78, 5) is 29.9. The molecule has 2 aliphatic heterocycles. The second-order valence-corrected chi connectivity index (χ2v) is 7.54. The molecule has 4 rings (SSSR count). The first kappa shape index (κ1) is 19.4. The van der Waals surface area contributed by atoms with Crippen LogP contribution in [0.3, 0.4) is 0 Å². The van der Waals surface area contributed by atoms with Gasteiger partial charge >= 0.3 is 12.0 Å². The molecule has 8 heteroatoms. The van der Waals surface area contributed by atoms with Gasteiger partial charge in [0.1, 0.15) is 0 Å². The molecule has 2 aromatic rings. The molecule has 0 spiro atoms. The van der Waals surface area contributed by atoms with Crippen molar-refractivity contribution in [2.24, 2.45) is 0 Å². The van der Waals surface area contributed by atoms with E-state index in [2.05, 4.69) is 44.1 Å². The van der Waals surface area contributed by atoms with Gasteiger partial charge in [0.2, 0.25) is 11.9 Å². The lowest BCUT2D eigenvalue weighted by molar-refractivity contribution is -0.131. The minimum absolute atomic E-state index is 0.0751. The van der Waals surface area contributed by atoms with Gasteiger partial charge in [-0.2, -0.15) is 9.97 Å². The number of likely N-dealkylation sites (tertiary alicyclic amines) is 1. The van der Waals surface area contributed by atoms with E-state index in [4.69, 9.17) is 9.47 Å². The third-order valence-corrected chi connectivity index (χ3v) is 5.95. The first-order chi connectivity index (χ1) is 14.1. The molecule has 0 aliphatic carbocycles. The fourth-order valence-corrected chi connectivity index (χ4v) is 4.68. The highest BCUT2D eigenvalue weighted by molar-refractivity contribution is 5.74. The van der Waals surface area contributed by atoms with E-state index >= 15 is 0 Å². The van der Waals surface area contributed by atoms with Crippen molar-refractivity contribution in [1.29, 1.82) is 0 Å². The van der Waals surface area contributed by atoms with Gasteiger partial charge in [-0.15, -0.1) is 4.98 Å². The lowest BCUT2D eigenvalue weighted by Crippen LogP contribution is -2.48. The Balaban J connectivity index is 1.79. The van der Waals surface area contributed by atoms with Crippen molar-refractivity contribution in [3.8, 4) is 12.0 Å². The van der Waals surface area contributed by atoms with Crippen LogP contribution in [0.25, 0.3) is 0 Å². The van der Waals surface area contributed by atoms with Gasteiger partial charge in [0.05, 0.1) is 26.3 Å². The molecule has 0 N–H and O–H groups in total. The summed E-state index contributed by atoms with van der Waals surface area (Å²) in [7, 11) is 3.06. The van der Waals surface area contributed by atoms with E-state index in [-0.39, 0.29) is 35.9 Å². The monoisotopic (exact) mass is 397 g/mol. The molecule has 0 unspecified atom stereocenters. The molecule has 8 nitrogen and oxygen atoms in total. The smallest absolute Gasteiger partial charge is 0.324 e. The Labute approximate surface area is 170 Å². The van der Waals surface area contributed by atoms with Gasteiger partial charge in [0, 0.05) is 25.9 Å². The third-order valence-electron chi connectivity index (χ3n) is 5.95. The summed E-state index contributed by atoms with van der Waals surface area (Å²) in [6.07, 6.45) is 3.04. The van der Waals surface area contributed by atoms with Crippen molar-refractivity contribution >= 4 is 11.9 Å². The summed E-state index contributed by atoms with van der Waals surface area (Å²) in [5.74, 6) is 0.833. The Morgan fingerprint density at radius 1 is 1.03 bits per heavy atom. The Morgan fingerprint density at radius 2 is 1.72 bits per heavy atom. The average molecular weight is 397 g/mol. The van der Waals surface area contributed by atoms with Crippen molar-refractivity contribution in [1.82, 2.24) is 19.9 Å². The molecule has 2 saturated heterocycles. The number of carbonyl (C=O) groups excluding carboxylic acids is 1. The predicted octanol–water partition coefficient (Wildman–Crippen LogP) is 2.26. The lowest BCUT2D eigenvalue weighted by atomic mass is 9.89. The molecule has 0 radical (unpaired) electrons. The zero-order valence-electron chi connectivity index (χ0n) is 17.1. The van der Waals surface area contributed by atoms with Crippen LogP contribution in [0.4, 0.5) is 5.95 Å². The normalized spacial score (nSPS) is 24.0. The van der Waals surface area contributed by atoms with E-state index < -0.39 is 0 Å². The van der Waals surface area contributed by atoms with Gasteiger partial charge < -0.3 is 19.3 Å². The summed E-state index contributed by atoms with van der Waals surface area (Å²) in [6, 6.07) is 11.1. The molecule has 2 fully saturated rings. The minimum atomic E-state index is 0.0751. The molecule has 154 valence electrons. The average Bonchev–Trinajstić information content (AvgIpc) is 2.98. The molecule has 1 aromatic heterocycles. The van der Waals surface area contributed by atoms with Gasteiger partial charge in [-0.1, -0.05) is 30.3 Å². The molecule has 3 atom stereocenters. The molecule has 2 aliphatic rings. The lowest BCUT2D eigenvalue weighted by Gasteiger charge is -2.34. The van der Waals surface area contributed by atoms with Gasteiger partial charge in [-0.3, -0.25) is 4.79 Å². The molecule has 29 heavy (non-hydrogen) atoms. The highest BCUT2D eigenvalue weighted by Crippen LogP contribution is 2.41. The van der Waals surface area contributed by atoms with Crippen LogP contribution in [-0.2, 0) is 4.79 Å². The van der Waals surface area contributed by atoms with Crippen molar-refractivity contribution in [2.75, 3.05) is 32.2 Å². The Morgan fingerprint density at radius 3 is 2.34 bits per heavy atom. The zero-order chi connectivity index (χ0) is 20.4. The quantitative estimate of drug-likeness (QED) is 0.783. The van der Waals surface area contributed by atoms with Crippen molar-refractivity contribution in [2.45, 2.75) is 44.2 Å². The summed E-state index contributed by atoms with van der Waals surface area (Å²) < 4.78 is 10.5. The number of rotatable bonds is 4. The highest BCUT2D eigenvalue weighted by Gasteiger charge is 2.48. The van der Waals surface area contributed by atoms with Crippen LogP contribution in [0, 0.1) is 0 Å². The van der Waals surface area contributed by atoms with Crippen molar-refractivity contribution < 1.29 is 14.3 Å². The maximum atomic E-state index is 12.5. The van der Waals surface area contributed by atoms with E-state index in [1.807, 2.05) is 11.0 Å². The number of anilines is 1. The third kappa shape index (κ3) is 3.71. The first-order valence-electron chi connectivity index (χ1n) is 10.0. The summed E-state index contributed by atoms with van der Waals surface area (Å²) in [6.45, 7) is 3.18. The van der Waals surface area contributed by atoms with Crippen LogP contribution < -0.4 is 14.4 Å². The highest BCUT2D eigenvalue weighted by atomic mass is 16.5. The van der Waals surface area contributed by atoms with Gasteiger partial charge in [0.15, 0.2) is 0 Å². The molecule has 1 aromatic carbocycles. The summed E-state index contributed by atoms with van der Waals surface area (Å²) in [5, 5.41) is 0. The fraction of sp³-hybridized carbons (Fsp3) is 0.524. The number of ether oxygens (including phenoxy) is 2. The van der Waals surface area contributed by atoms with Crippen molar-refractivity contribution in [3.63, 3.8) is 0 Å². The predicted molar refractivity (Wildman–Crippen MR) is 108 cm³/mol. The largest absolute Gasteiger partial charge is 0.467 e. The molecule has 0 bridgehead atoms. The van der Waals surface area contributed by atoms with Crippen molar-refractivity contribution in [3.05, 3.63) is 35.9 Å². The van der Waals surface area contributed by atoms with Gasteiger partial charge in [0.25, 0.3) is 0 Å². The van der Waals surface area contributed by atoms with E-state index in [1.165, 1.54) is 19.8 Å². The number of benzene rings is 1. The van der Waals surface area contributed by atoms with Crippen LogP contribution in [-0.4, -0.2) is 65.2 Å². The molecule has 0 saturated carbocycles. The number of hydrogen-bond acceptors (Lipinski definition) is 7. The SMILES string of the molecule is COc1nc(OC)nc(N2C[C@@H](c3ccccc3)[C@H]3[C@@H]2CCCCN3C(C)=O)n1. The van der Waals surface area contributed by atoms with Gasteiger partial charge in [-0.05, 0) is 24.8 Å². The number of aromatic nitrogens is 3. The van der Waals surface area contributed by atoms with E-state index in [0.717, 1.165) is 32.4 Å². The van der Waals surface area contributed by atoms with Crippen LogP contribution in [0.2, 0.25) is 0 Å². The first-order valence-corrected chi connectivity index (χ1v) is 10.0. The maximum absolute atomic E-state index is 12.5. The van der Waals surface area contributed by atoms with Gasteiger partial charge in [-0.25, -0.2) is 0 Å². The molecule has 1 amide bonds. The van der Waals surface area contributed by atoms with Crippen LogP contribution >= 0.6 is 0 Å². The molecular formula is C21H27N5O3. The van der Waals surface area contributed by atoms with E-state index in [9.17, 15) is 4.79 Å².